The van der Waals surface area contributed by atoms with Crippen LogP contribution < -0.4 is 11.1 Å². The lowest BCUT2D eigenvalue weighted by Crippen LogP contribution is -2.10. The number of aromatic nitrogens is 4. The van der Waals surface area contributed by atoms with Crippen molar-refractivity contribution in [2.75, 3.05) is 11.1 Å². The van der Waals surface area contributed by atoms with E-state index in [1.807, 2.05) is 38.1 Å². The van der Waals surface area contributed by atoms with Gasteiger partial charge in [0.05, 0.1) is 22.8 Å². The van der Waals surface area contributed by atoms with Gasteiger partial charge in [0.15, 0.2) is 11.4 Å². The Morgan fingerprint density at radius 2 is 1.00 bits per heavy atom. The zero-order chi connectivity index (χ0) is 40.5. The summed E-state index contributed by atoms with van der Waals surface area (Å²) < 4.78 is 81.3. The van der Waals surface area contributed by atoms with Crippen LogP contribution in [-0.2, 0) is 21.9 Å². The number of alkyl halides is 6. The lowest BCUT2D eigenvalue weighted by atomic mass is 10.1. The van der Waals surface area contributed by atoms with Crippen LogP contribution in [0.15, 0.2) is 109 Å². The van der Waals surface area contributed by atoms with Gasteiger partial charge in [0.1, 0.15) is 0 Å². The summed E-state index contributed by atoms with van der Waals surface area (Å²) in [7, 11) is 0. The fourth-order valence-corrected chi connectivity index (χ4v) is 4.84. The first-order valence-corrected chi connectivity index (χ1v) is 17.2. The normalized spacial score (nSPS) is 11.2. The van der Waals surface area contributed by atoms with Crippen LogP contribution in [0.25, 0.3) is 33.9 Å². The summed E-state index contributed by atoms with van der Waals surface area (Å²) in [5.74, 6) is -0.137. The second-order valence-corrected chi connectivity index (χ2v) is 12.6. The standard InChI is InChI=1S/C20H18F3N3O.C17H14F3N3.C3H5ClO/c1-3-19(27)24-15-8-10-16(11-9-15)26-17(12-18(25-26)20(21,22)23)14-6-4-13(2)5-7-14;1-11-2-4-12(5-3-11)15-10-16(17(18,19)20)22-23(15)14-8-6-13(21)7-9-14;1-2-3(4)5/h4-12H,3H2,1-2H3,(H,24,27);2-10H,21H2,1H3;2H2,1H3. The number of rotatable bonds is 7. The van der Waals surface area contributed by atoms with Crippen molar-refractivity contribution in [3.05, 3.63) is 132 Å². The third kappa shape index (κ3) is 11.5. The first-order valence-electron chi connectivity index (χ1n) is 16.8. The summed E-state index contributed by atoms with van der Waals surface area (Å²) in [4.78, 5) is 21.0. The van der Waals surface area contributed by atoms with Crippen molar-refractivity contribution in [3.8, 4) is 33.9 Å². The van der Waals surface area contributed by atoms with E-state index in [-0.39, 0.29) is 11.1 Å². The number of hydrogen-bond donors (Lipinski definition) is 2. The third-order valence-corrected chi connectivity index (χ3v) is 8.09. The number of nitrogens with two attached hydrogens (primary N) is 1. The number of carbonyl (C=O) groups is 2. The number of anilines is 2. The third-order valence-electron chi connectivity index (χ3n) is 7.83. The summed E-state index contributed by atoms with van der Waals surface area (Å²) in [6, 6.07) is 29.6. The average molecular weight is 783 g/mol. The fraction of sp³-hybridized carbons (Fsp3) is 0.200. The molecule has 0 aliphatic rings. The van der Waals surface area contributed by atoms with E-state index in [0.717, 1.165) is 23.3 Å². The van der Waals surface area contributed by atoms with E-state index in [4.69, 9.17) is 17.3 Å². The van der Waals surface area contributed by atoms with Gasteiger partial charge < -0.3 is 11.1 Å². The summed E-state index contributed by atoms with van der Waals surface area (Å²) in [6.45, 7) is 7.28. The number of halogens is 7. The van der Waals surface area contributed by atoms with Crippen LogP contribution in [0.1, 0.15) is 49.2 Å². The van der Waals surface area contributed by atoms with Crippen molar-refractivity contribution in [2.45, 2.75) is 52.9 Å². The summed E-state index contributed by atoms with van der Waals surface area (Å²) in [5, 5.41) is 9.92. The Labute approximate surface area is 318 Å². The van der Waals surface area contributed by atoms with Gasteiger partial charge in [-0.25, -0.2) is 9.36 Å². The van der Waals surface area contributed by atoms with Gasteiger partial charge in [-0.2, -0.15) is 36.5 Å². The second kappa shape index (κ2) is 18.0. The van der Waals surface area contributed by atoms with E-state index in [1.54, 1.807) is 86.6 Å². The van der Waals surface area contributed by atoms with Crippen LogP contribution >= 0.6 is 11.6 Å². The highest BCUT2D eigenvalue weighted by molar-refractivity contribution is 6.63. The Kier molecular flexibility index (Phi) is 13.7. The topological polar surface area (TPSA) is 108 Å². The Morgan fingerprint density at radius 1 is 0.636 bits per heavy atom. The minimum atomic E-state index is -4.54. The van der Waals surface area contributed by atoms with E-state index in [1.165, 1.54) is 9.36 Å². The lowest BCUT2D eigenvalue weighted by molar-refractivity contribution is -0.142. The zero-order valence-electron chi connectivity index (χ0n) is 30.1. The molecular weight excluding hydrogens is 746 g/mol. The molecule has 0 saturated carbocycles. The van der Waals surface area contributed by atoms with Crippen molar-refractivity contribution < 1.29 is 35.9 Å². The molecule has 0 aliphatic heterocycles. The van der Waals surface area contributed by atoms with Crippen LogP contribution in [0.2, 0.25) is 0 Å². The van der Waals surface area contributed by atoms with Crippen LogP contribution in [0, 0.1) is 13.8 Å². The Hall–Kier alpha value is -5.89. The molecule has 0 radical (unpaired) electrons. The van der Waals surface area contributed by atoms with Gasteiger partial charge in [-0.15, -0.1) is 0 Å². The number of nitrogen functional groups attached to an aromatic ring is 1. The number of nitrogens with zero attached hydrogens (tertiary/aromatic N) is 4. The van der Waals surface area contributed by atoms with Gasteiger partial charge >= 0.3 is 12.4 Å². The van der Waals surface area contributed by atoms with E-state index in [0.29, 0.717) is 58.1 Å². The van der Waals surface area contributed by atoms with E-state index >= 15 is 0 Å². The molecule has 4 aromatic carbocycles. The van der Waals surface area contributed by atoms with Crippen molar-refractivity contribution in [1.29, 1.82) is 0 Å². The number of aryl methyl sites for hydroxylation is 2. The summed E-state index contributed by atoms with van der Waals surface area (Å²) in [6.07, 6.45) is -8.27. The van der Waals surface area contributed by atoms with Crippen LogP contribution in [0.4, 0.5) is 37.7 Å². The molecule has 15 heteroatoms. The molecule has 8 nitrogen and oxygen atoms in total. The largest absolute Gasteiger partial charge is 0.435 e. The SMILES string of the molecule is CCC(=O)Cl.CCC(=O)Nc1ccc(-n2nc(C(F)(F)F)cc2-c2ccc(C)cc2)cc1.Cc1ccc(-c2cc(C(F)(F)F)nn2-c2ccc(N)cc2)cc1. The molecular formula is C40H37ClF6N6O2. The molecule has 288 valence electrons. The molecule has 2 aromatic heterocycles. The Balaban J connectivity index is 0.000000220. The average Bonchev–Trinajstić information content (AvgIpc) is 3.80. The van der Waals surface area contributed by atoms with Gasteiger partial charge in [0.25, 0.3) is 0 Å². The molecule has 55 heavy (non-hydrogen) atoms. The summed E-state index contributed by atoms with van der Waals surface area (Å²) in [5.41, 5.74) is 9.90. The molecule has 0 fully saturated rings. The Bertz CT molecular complexity index is 2130. The Morgan fingerprint density at radius 3 is 1.33 bits per heavy atom. The molecule has 6 aromatic rings. The molecule has 0 aliphatic carbocycles. The number of benzene rings is 4. The molecule has 1 amide bonds. The minimum Gasteiger partial charge on any atom is -0.399 e. The molecule has 0 saturated heterocycles. The fourth-order valence-electron chi connectivity index (χ4n) is 4.84. The summed E-state index contributed by atoms with van der Waals surface area (Å²) >= 11 is 4.82. The van der Waals surface area contributed by atoms with E-state index in [2.05, 4.69) is 15.5 Å². The van der Waals surface area contributed by atoms with Gasteiger partial charge in [0, 0.05) is 35.3 Å². The lowest BCUT2D eigenvalue weighted by Gasteiger charge is -2.09. The smallest absolute Gasteiger partial charge is 0.399 e. The first kappa shape index (κ1) is 41.9. The number of amides is 1. The number of hydrogen-bond acceptors (Lipinski definition) is 5. The first-order chi connectivity index (χ1) is 25.9. The van der Waals surface area contributed by atoms with Gasteiger partial charge in [0.2, 0.25) is 11.1 Å². The molecule has 0 unspecified atom stereocenters. The highest BCUT2D eigenvalue weighted by atomic mass is 35.5. The molecule has 3 N–H and O–H groups in total. The second-order valence-electron chi connectivity index (χ2n) is 12.1. The maximum absolute atomic E-state index is 13.2. The molecule has 2 heterocycles. The van der Waals surface area contributed by atoms with Gasteiger partial charge in [-0.3, -0.25) is 9.59 Å². The molecule has 0 spiro atoms. The van der Waals surface area contributed by atoms with Crippen LogP contribution in [-0.4, -0.2) is 30.7 Å². The van der Waals surface area contributed by atoms with Gasteiger partial charge in [-0.1, -0.05) is 73.5 Å². The van der Waals surface area contributed by atoms with Crippen molar-refractivity contribution in [3.63, 3.8) is 0 Å². The monoisotopic (exact) mass is 782 g/mol. The van der Waals surface area contributed by atoms with Crippen molar-refractivity contribution >= 4 is 34.1 Å². The highest BCUT2D eigenvalue weighted by Crippen LogP contribution is 2.35. The quantitative estimate of drug-likeness (QED) is 0.0952. The highest BCUT2D eigenvalue weighted by Gasteiger charge is 2.36. The number of nitrogens with one attached hydrogen (secondary N) is 1. The minimum absolute atomic E-state index is 0.137. The van der Waals surface area contributed by atoms with Crippen molar-refractivity contribution in [2.24, 2.45) is 0 Å². The maximum Gasteiger partial charge on any atom is 0.435 e. The predicted molar refractivity (Wildman–Crippen MR) is 202 cm³/mol. The predicted octanol–water partition coefficient (Wildman–Crippen LogP) is 10.8. The van der Waals surface area contributed by atoms with Gasteiger partial charge in [-0.05, 0) is 86.1 Å². The van der Waals surface area contributed by atoms with Crippen molar-refractivity contribution in [1.82, 2.24) is 19.6 Å². The van der Waals surface area contributed by atoms with E-state index in [9.17, 15) is 35.9 Å². The van der Waals surface area contributed by atoms with E-state index < -0.39 is 23.7 Å². The molecule has 6 rings (SSSR count). The number of carbonyl (C=O) groups excluding carboxylic acids is 2. The van der Waals surface area contributed by atoms with Crippen LogP contribution in [0.5, 0.6) is 0 Å². The molecule has 0 atom stereocenters. The van der Waals surface area contributed by atoms with Crippen LogP contribution in [0.3, 0.4) is 0 Å². The molecule has 0 bridgehead atoms. The zero-order valence-corrected chi connectivity index (χ0v) is 30.9. The maximum atomic E-state index is 13.2.